The minimum Gasteiger partial charge on any atom is -0.368 e. The molecular weight excluding hydrogens is 262 g/mol. The number of nitrogens with one attached hydrogen (secondary N) is 2. The SMILES string of the molecule is CCCNc1nc(NCc2cccnc2)c(F)cc1F. The number of aromatic nitrogens is 2. The van der Waals surface area contributed by atoms with E-state index in [9.17, 15) is 8.78 Å². The summed E-state index contributed by atoms with van der Waals surface area (Å²) in [5.74, 6) is -1.33. The Morgan fingerprint density at radius 3 is 2.55 bits per heavy atom. The van der Waals surface area contributed by atoms with E-state index in [2.05, 4.69) is 20.6 Å². The lowest BCUT2D eigenvalue weighted by molar-refractivity contribution is 0.577. The van der Waals surface area contributed by atoms with E-state index in [4.69, 9.17) is 0 Å². The fraction of sp³-hybridized carbons (Fsp3) is 0.286. The quantitative estimate of drug-likeness (QED) is 0.852. The molecule has 106 valence electrons. The Balaban J connectivity index is 2.10. The third-order valence-corrected chi connectivity index (χ3v) is 2.65. The predicted octanol–water partition coefficient (Wildman–Crippen LogP) is 3.19. The van der Waals surface area contributed by atoms with Gasteiger partial charge in [-0.05, 0) is 18.1 Å². The van der Waals surface area contributed by atoms with Crippen LogP contribution in [-0.2, 0) is 6.54 Å². The Morgan fingerprint density at radius 1 is 1.15 bits per heavy atom. The lowest BCUT2D eigenvalue weighted by atomic mass is 10.3. The molecule has 0 saturated heterocycles. The van der Waals surface area contributed by atoms with Gasteiger partial charge >= 0.3 is 0 Å². The summed E-state index contributed by atoms with van der Waals surface area (Å²) in [7, 11) is 0. The summed E-state index contributed by atoms with van der Waals surface area (Å²) in [4.78, 5) is 7.90. The molecule has 0 spiro atoms. The van der Waals surface area contributed by atoms with E-state index in [-0.39, 0.29) is 11.6 Å². The molecule has 0 fully saturated rings. The summed E-state index contributed by atoms with van der Waals surface area (Å²) in [5.41, 5.74) is 0.890. The summed E-state index contributed by atoms with van der Waals surface area (Å²) in [6.45, 7) is 2.91. The van der Waals surface area contributed by atoms with Crippen LogP contribution in [0.1, 0.15) is 18.9 Å². The van der Waals surface area contributed by atoms with Crippen LogP contribution in [0.2, 0.25) is 0 Å². The van der Waals surface area contributed by atoms with Crippen molar-refractivity contribution in [2.24, 2.45) is 0 Å². The number of hydrogen-bond acceptors (Lipinski definition) is 4. The molecule has 4 nitrogen and oxygen atoms in total. The van der Waals surface area contributed by atoms with E-state index in [1.165, 1.54) is 0 Å². The maximum absolute atomic E-state index is 13.6. The Hall–Kier alpha value is -2.24. The van der Waals surface area contributed by atoms with Gasteiger partial charge in [-0.3, -0.25) is 4.98 Å². The topological polar surface area (TPSA) is 49.8 Å². The highest BCUT2D eigenvalue weighted by Gasteiger charge is 2.11. The van der Waals surface area contributed by atoms with Crippen molar-refractivity contribution in [2.45, 2.75) is 19.9 Å². The second-order valence-corrected chi connectivity index (χ2v) is 4.29. The normalized spacial score (nSPS) is 10.3. The van der Waals surface area contributed by atoms with Gasteiger partial charge in [0.2, 0.25) is 0 Å². The maximum atomic E-state index is 13.6. The van der Waals surface area contributed by atoms with Crippen LogP contribution >= 0.6 is 0 Å². The zero-order valence-corrected chi connectivity index (χ0v) is 11.2. The van der Waals surface area contributed by atoms with Crippen molar-refractivity contribution >= 4 is 11.6 Å². The number of pyridine rings is 2. The second kappa shape index (κ2) is 6.79. The minimum absolute atomic E-state index is 0.0221. The molecule has 6 heteroatoms. The van der Waals surface area contributed by atoms with Crippen molar-refractivity contribution < 1.29 is 8.78 Å². The molecule has 2 rings (SSSR count). The van der Waals surface area contributed by atoms with Gasteiger partial charge in [-0.1, -0.05) is 13.0 Å². The zero-order valence-electron chi connectivity index (χ0n) is 11.2. The predicted molar refractivity (Wildman–Crippen MR) is 74.5 cm³/mol. The third-order valence-electron chi connectivity index (χ3n) is 2.65. The van der Waals surface area contributed by atoms with Gasteiger partial charge in [-0.15, -0.1) is 0 Å². The molecule has 0 aliphatic heterocycles. The highest BCUT2D eigenvalue weighted by molar-refractivity contribution is 5.47. The van der Waals surface area contributed by atoms with Gasteiger partial charge in [0.05, 0.1) is 0 Å². The number of anilines is 2. The maximum Gasteiger partial charge on any atom is 0.168 e. The summed E-state index contributed by atoms with van der Waals surface area (Å²) in [6, 6.07) is 4.48. The van der Waals surface area contributed by atoms with Crippen LogP contribution in [0.25, 0.3) is 0 Å². The molecule has 0 atom stereocenters. The number of hydrogen-bond donors (Lipinski definition) is 2. The standard InChI is InChI=1S/C14H16F2N4/c1-2-5-18-13-11(15)7-12(16)14(20-13)19-9-10-4-3-6-17-8-10/h3-4,6-8H,2,5,9H2,1H3,(H2,18,19,20). The largest absolute Gasteiger partial charge is 0.368 e. The van der Waals surface area contributed by atoms with Gasteiger partial charge in [-0.2, -0.15) is 0 Å². The Bertz CT molecular complexity index is 561. The van der Waals surface area contributed by atoms with Crippen LogP contribution in [-0.4, -0.2) is 16.5 Å². The number of nitrogens with zero attached hydrogens (tertiary/aromatic N) is 2. The third kappa shape index (κ3) is 3.63. The molecule has 0 radical (unpaired) electrons. The number of halogens is 2. The summed E-state index contributed by atoms with van der Waals surface area (Å²) in [5, 5.41) is 5.66. The molecule has 0 aliphatic carbocycles. The molecule has 20 heavy (non-hydrogen) atoms. The summed E-state index contributed by atoms with van der Waals surface area (Å²) < 4.78 is 27.2. The van der Waals surface area contributed by atoms with Gasteiger partial charge in [-0.25, -0.2) is 13.8 Å². The van der Waals surface area contributed by atoms with Gasteiger partial charge in [0.25, 0.3) is 0 Å². The van der Waals surface area contributed by atoms with E-state index in [0.717, 1.165) is 18.1 Å². The Kier molecular flexibility index (Phi) is 4.81. The van der Waals surface area contributed by atoms with Crippen LogP contribution < -0.4 is 10.6 Å². The van der Waals surface area contributed by atoms with Gasteiger partial charge < -0.3 is 10.6 Å². The van der Waals surface area contributed by atoms with Crippen molar-refractivity contribution in [1.82, 2.24) is 9.97 Å². The molecule has 2 aromatic rings. The molecule has 0 amide bonds. The lowest BCUT2D eigenvalue weighted by Crippen LogP contribution is -2.09. The van der Waals surface area contributed by atoms with Crippen molar-refractivity contribution in [3.8, 4) is 0 Å². The first-order chi connectivity index (χ1) is 9.70. The van der Waals surface area contributed by atoms with Gasteiger partial charge in [0.15, 0.2) is 23.3 Å². The first-order valence-corrected chi connectivity index (χ1v) is 6.43. The van der Waals surface area contributed by atoms with Crippen molar-refractivity contribution in [3.05, 3.63) is 47.8 Å². The Morgan fingerprint density at radius 2 is 1.90 bits per heavy atom. The van der Waals surface area contributed by atoms with Crippen LogP contribution in [0.5, 0.6) is 0 Å². The zero-order chi connectivity index (χ0) is 14.4. The van der Waals surface area contributed by atoms with Crippen molar-refractivity contribution in [1.29, 1.82) is 0 Å². The molecule has 2 heterocycles. The molecule has 0 saturated carbocycles. The van der Waals surface area contributed by atoms with E-state index in [0.29, 0.717) is 13.1 Å². The minimum atomic E-state index is -0.714. The fourth-order valence-electron chi connectivity index (χ4n) is 1.65. The Labute approximate surface area is 116 Å². The van der Waals surface area contributed by atoms with E-state index in [1.807, 2.05) is 13.0 Å². The summed E-state index contributed by atoms with van der Waals surface area (Å²) in [6.07, 6.45) is 4.16. The van der Waals surface area contributed by atoms with Gasteiger partial charge in [0, 0.05) is 31.5 Å². The average molecular weight is 278 g/mol. The van der Waals surface area contributed by atoms with Crippen LogP contribution in [0, 0.1) is 11.6 Å². The van der Waals surface area contributed by atoms with Crippen molar-refractivity contribution in [2.75, 3.05) is 17.2 Å². The van der Waals surface area contributed by atoms with E-state index in [1.54, 1.807) is 18.5 Å². The molecule has 2 N–H and O–H groups in total. The first kappa shape index (κ1) is 14.2. The first-order valence-electron chi connectivity index (χ1n) is 6.43. The highest BCUT2D eigenvalue weighted by atomic mass is 19.1. The monoisotopic (exact) mass is 278 g/mol. The van der Waals surface area contributed by atoms with Gasteiger partial charge in [0.1, 0.15) is 0 Å². The fourth-order valence-corrected chi connectivity index (χ4v) is 1.65. The van der Waals surface area contributed by atoms with Crippen LogP contribution in [0.15, 0.2) is 30.6 Å². The van der Waals surface area contributed by atoms with E-state index >= 15 is 0 Å². The van der Waals surface area contributed by atoms with Crippen molar-refractivity contribution in [3.63, 3.8) is 0 Å². The molecular formula is C14H16F2N4. The number of rotatable bonds is 6. The smallest absolute Gasteiger partial charge is 0.168 e. The molecule has 0 aliphatic rings. The van der Waals surface area contributed by atoms with Crippen LogP contribution in [0.4, 0.5) is 20.4 Å². The second-order valence-electron chi connectivity index (χ2n) is 4.29. The molecule has 0 aromatic carbocycles. The molecule has 0 bridgehead atoms. The van der Waals surface area contributed by atoms with E-state index < -0.39 is 11.6 Å². The van der Waals surface area contributed by atoms with Crippen LogP contribution in [0.3, 0.4) is 0 Å². The highest BCUT2D eigenvalue weighted by Crippen LogP contribution is 2.19. The summed E-state index contributed by atoms with van der Waals surface area (Å²) >= 11 is 0. The average Bonchev–Trinajstić information content (AvgIpc) is 2.46. The lowest BCUT2D eigenvalue weighted by Gasteiger charge is -2.10. The molecule has 0 unspecified atom stereocenters. The molecule has 2 aromatic heterocycles.